The highest BCUT2D eigenvalue weighted by atomic mass is 16.5. The number of nitrogens with one attached hydrogen (secondary N) is 1. The molecule has 0 heterocycles. The Hall–Kier alpha value is -3.34. The van der Waals surface area contributed by atoms with Crippen LogP contribution in [0.1, 0.15) is 62.1 Å². The maximum atomic E-state index is 12.9. The molecule has 5 nitrogen and oxygen atoms in total. The molecule has 3 aromatic rings. The van der Waals surface area contributed by atoms with E-state index in [1.807, 2.05) is 56.3 Å². The van der Waals surface area contributed by atoms with E-state index in [0.29, 0.717) is 25.7 Å². The molecule has 1 unspecified atom stereocenters. The lowest BCUT2D eigenvalue weighted by atomic mass is 9.91. The Balaban J connectivity index is 1.56. The minimum atomic E-state index is -0.400. The summed E-state index contributed by atoms with van der Waals surface area (Å²) >= 11 is 0. The van der Waals surface area contributed by atoms with Gasteiger partial charge in [-0.25, -0.2) is 0 Å². The maximum absolute atomic E-state index is 12.9. The lowest BCUT2D eigenvalue weighted by Gasteiger charge is -2.18. The topological polar surface area (TPSA) is 68.6 Å². The summed E-state index contributed by atoms with van der Waals surface area (Å²) in [4.78, 5) is 12.9. The van der Waals surface area contributed by atoms with Gasteiger partial charge in [0.25, 0.3) is 0 Å². The molecule has 1 aliphatic carbocycles. The molecule has 0 saturated heterocycles. The van der Waals surface area contributed by atoms with Crippen LogP contribution in [0.5, 0.6) is 5.75 Å². The van der Waals surface area contributed by atoms with Gasteiger partial charge in [-0.3, -0.25) is 10.2 Å². The summed E-state index contributed by atoms with van der Waals surface area (Å²) in [5.74, 6) is 0.397. The van der Waals surface area contributed by atoms with Crippen LogP contribution in [-0.2, 0) is 20.7 Å². The minimum absolute atomic E-state index is 0.166. The fraction of sp³-hybridized carbons (Fsp3) is 0.379. The van der Waals surface area contributed by atoms with Crippen LogP contribution in [-0.4, -0.2) is 31.2 Å². The normalized spacial score (nSPS) is 14.6. The van der Waals surface area contributed by atoms with Crippen LogP contribution in [0.2, 0.25) is 0 Å². The van der Waals surface area contributed by atoms with Crippen LogP contribution in [0.15, 0.2) is 60.7 Å². The highest BCUT2D eigenvalue weighted by Gasteiger charge is 2.23. The zero-order valence-corrected chi connectivity index (χ0v) is 20.0. The molecule has 0 aliphatic heterocycles. The Morgan fingerprint density at radius 3 is 2.32 bits per heavy atom. The largest absolute Gasteiger partial charge is 0.490 e. The van der Waals surface area contributed by atoms with E-state index in [4.69, 9.17) is 19.6 Å². The number of esters is 1. The second kappa shape index (κ2) is 11.2. The number of carbonyl (C=O) groups is 1. The first kappa shape index (κ1) is 23.8. The predicted molar refractivity (Wildman–Crippen MR) is 135 cm³/mol. The molecule has 0 radical (unpaired) electrons. The average molecular weight is 460 g/mol. The van der Waals surface area contributed by atoms with Gasteiger partial charge in [0.15, 0.2) is 0 Å². The zero-order valence-electron chi connectivity index (χ0n) is 20.0. The summed E-state index contributed by atoms with van der Waals surface area (Å²) in [5, 5.41) is 10.2. The van der Waals surface area contributed by atoms with Crippen molar-refractivity contribution in [3.63, 3.8) is 0 Å². The van der Waals surface area contributed by atoms with Crippen molar-refractivity contribution in [1.82, 2.24) is 0 Å². The van der Waals surface area contributed by atoms with Gasteiger partial charge in [0, 0.05) is 5.56 Å². The van der Waals surface area contributed by atoms with Crippen molar-refractivity contribution >= 4 is 22.6 Å². The lowest BCUT2D eigenvalue weighted by molar-refractivity contribution is -0.144. The Morgan fingerprint density at radius 1 is 0.912 bits per heavy atom. The van der Waals surface area contributed by atoms with Gasteiger partial charge >= 0.3 is 5.97 Å². The Bertz CT molecular complexity index is 1130. The molecule has 34 heavy (non-hydrogen) atoms. The molecular formula is C29H33NO4. The average Bonchev–Trinajstić information content (AvgIpc) is 3.36. The van der Waals surface area contributed by atoms with Crippen molar-refractivity contribution in [2.75, 3.05) is 13.2 Å². The summed E-state index contributed by atoms with van der Waals surface area (Å²) in [6.07, 6.45) is 5.52. The number of ether oxygens (including phenoxy) is 3. The number of benzene rings is 3. The van der Waals surface area contributed by atoms with Gasteiger partial charge < -0.3 is 14.2 Å². The summed E-state index contributed by atoms with van der Waals surface area (Å²) in [5.41, 5.74) is 2.70. The van der Waals surface area contributed by atoms with E-state index in [0.717, 1.165) is 46.1 Å². The molecule has 0 spiro atoms. The van der Waals surface area contributed by atoms with Crippen molar-refractivity contribution in [1.29, 1.82) is 5.41 Å². The number of rotatable bonds is 9. The summed E-state index contributed by atoms with van der Waals surface area (Å²) in [6, 6.07) is 19.9. The fourth-order valence-electron chi connectivity index (χ4n) is 4.59. The first-order chi connectivity index (χ1) is 16.6. The zero-order chi connectivity index (χ0) is 23.9. The molecule has 4 rings (SSSR count). The van der Waals surface area contributed by atoms with Crippen molar-refractivity contribution in [3.05, 3.63) is 77.4 Å². The number of hydrogen-bond donors (Lipinski definition) is 1. The van der Waals surface area contributed by atoms with E-state index in [1.54, 1.807) is 0 Å². The highest BCUT2D eigenvalue weighted by molar-refractivity contribution is 5.97. The first-order valence-corrected chi connectivity index (χ1v) is 12.2. The van der Waals surface area contributed by atoms with Crippen LogP contribution in [0.4, 0.5) is 0 Å². The Kier molecular flexibility index (Phi) is 7.84. The third kappa shape index (κ3) is 5.77. The van der Waals surface area contributed by atoms with E-state index in [9.17, 15) is 4.79 Å². The highest BCUT2D eigenvalue weighted by Crippen LogP contribution is 2.29. The van der Waals surface area contributed by atoms with E-state index in [-0.39, 0.29) is 11.9 Å². The van der Waals surface area contributed by atoms with Crippen LogP contribution < -0.4 is 4.74 Å². The molecule has 178 valence electrons. The summed E-state index contributed by atoms with van der Waals surface area (Å²) in [7, 11) is 0. The lowest BCUT2D eigenvalue weighted by Crippen LogP contribution is -2.18. The molecule has 1 fully saturated rings. The van der Waals surface area contributed by atoms with E-state index < -0.39 is 5.92 Å². The van der Waals surface area contributed by atoms with Crippen molar-refractivity contribution in [3.8, 4) is 5.75 Å². The van der Waals surface area contributed by atoms with E-state index in [2.05, 4.69) is 18.2 Å². The molecule has 0 aromatic heterocycles. The Labute approximate surface area is 201 Å². The van der Waals surface area contributed by atoms with Gasteiger partial charge in [0.2, 0.25) is 5.90 Å². The number of fused-ring (bicyclic) bond motifs is 1. The number of carbonyl (C=O) groups excluding carboxylic acids is 1. The van der Waals surface area contributed by atoms with Gasteiger partial charge in [0.1, 0.15) is 5.75 Å². The van der Waals surface area contributed by atoms with Crippen molar-refractivity contribution in [2.24, 2.45) is 0 Å². The molecule has 5 heteroatoms. The molecule has 0 amide bonds. The maximum Gasteiger partial charge on any atom is 0.313 e. The minimum Gasteiger partial charge on any atom is -0.490 e. The summed E-state index contributed by atoms with van der Waals surface area (Å²) < 4.78 is 16.9. The predicted octanol–water partition coefficient (Wildman–Crippen LogP) is 6.41. The molecule has 1 aliphatic rings. The van der Waals surface area contributed by atoms with Crippen LogP contribution in [0, 0.1) is 5.41 Å². The number of hydrogen-bond acceptors (Lipinski definition) is 5. The molecule has 1 atom stereocenters. The SMILES string of the molecule is CCOC(=N)c1ccc2ccc(CC(C(=O)OCC)c3ccc(OC4CCCC4)cc3)cc2c1. The van der Waals surface area contributed by atoms with Crippen LogP contribution in [0.3, 0.4) is 0 Å². The first-order valence-electron chi connectivity index (χ1n) is 12.2. The second-order valence-electron chi connectivity index (χ2n) is 8.76. The van der Waals surface area contributed by atoms with Crippen LogP contribution in [0.25, 0.3) is 10.8 Å². The smallest absolute Gasteiger partial charge is 0.313 e. The van der Waals surface area contributed by atoms with Gasteiger partial charge in [-0.2, -0.15) is 0 Å². The van der Waals surface area contributed by atoms with Gasteiger partial charge in [-0.1, -0.05) is 36.4 Å². The van der Waals surface area contributed by atoms with E-state index in [1.165, 1.54) is 12.8 Å². The van der Waals surface area contributed by atoms with Crippen molar-refractivity contribution in [2.45, 2.75) is 58.0 Å². The van der Waals surface area contributed by atoms with E-state index >= 15 is 0 Å². The second-order valence-corrected chi connectivity index (χ2v) is 8.76. The Morgan fingerprint density at radius 2 is 1.62 bits per heavy atom. The standard InChI is InChI=1S/C29H33NO4/c1-3-32-28(30)23-12-11-21-10-9-20(17-24(21)19-23)18-27(29(31)33-4-2)22-13-15-26(16-14-22)34-25-7-5-6-8-25/h9-17,19,25,27,30H,3-8,18H2,1-2H3. The van der Waals surface area contributed by atoms with Gasteiger partial charge in [-0.15, -0.1) is 0 Å². The fourth-order valence-corrected chi connectivity index (χ4v) is 4.59. The molecule has 3 aromatic carbocycles. The quantitative estimate of drug-likeness (QED) is 0.228. The third-order valence-corrected chi connectivity index (χ3v) is 6.35. The molecular weight excluding hydrogens is 426 g/mol. The molecule has 1 N–H and O–H groups in total. The van der Waals surface area contributed by atoms with Crippen LogP contribution >= 0.6 is 0 Å². The third-order valence-electron chi connectivity index (χ3n) is 6.35. The van der Waals surface area contributed by atoms with Gasteiger partial charge in [0.05, 0.1) is 25.2 Å². The molecule has 0 bridgehead atoms. The molecule has 1 saturated carbocycles. The summed E-state index contributed by atoms with van der Waals surface area (Å²) in [6.45, 7) is 4.51. The monoisotopic (exact) mass is 459 g/mol. The van der Waals surface area contributed by atoms with Gasteiger partial charge in [-0.05, 0) is 92.1 Å². The van der Waals surface area contributed by atoms with Crippen molar-refractivity contribution < 1.29 is 19.0 Å².